The summed E-state index contributed by atoms with van der Waals surface area (Å²) in [7, 11) is 1.78. The van der Waals surface area contributed by atoms with Crippen molar-refractivity contribution in [2.75, 3.05) is 7.05 Å². The molecule has 0 radical (unpaired) electrons. The SMILES string of the molecule is CN=C(NCc1ccsc1)NCc1nccn1CC(C)C.I. The molecular formula is C15H24IN5S. The maximum atomic E-state index is 4.40. The van der Waals surface area contributed by atoms with Crippen molar-refractivity contribution in [3.05, 3.63) is 40.6 Å². The minimum Gasteiger partial charge on any atom is -0.352 e. The van der Waals surface area contributed by atoms with Crippen molar-refractivity contribution >= 4 is 41.3 Å². The first kappa shape index (κ1) is 19.0. The Balaban J connectivity index is 0.00000242. The first-order valence-electron chi connectivity index (χ1n) is 7.14. The Labute approximate surface area is 153 Å². The average Bonchev–Trinajstić information content (AvgIpc) is 3.10. The molecule has 0 aliphatic rings. The summed E-state index contributed by atoms with van der Waals surface area (Å²) in [6.45, 7) is 6.85. The monoisotopic (exact) mass is 433 g/mol. The number of halogens is 1. The van der Waals surface area contributed by atoms with Gasteiger partial charge in [-0.3, -0.25) is 4.99 Å². The van der Waals surface area contributed by atoms with Crippen LogP contribution in [0.5, 0.6) is 0 Å². The van der Waals surface area contributed by atoms with Crippen LogP contribution in [-0.2, 0) is 19.6 Å². The normalized spacial score (nSPS) is 11.4. The van der Waals surface area contributed by atoms with Crippen LogP contribution in [0.1, 0.15) is 25.2 Å². The summed E-state index contributed by atoms with van der Waals surface area (Å²) in [5.74, 6) is 2.43. The van der Waals surface area contributed by atoms with Crippen molar-refractivity contribution in [2.24, 2.45) is 10.9 Å². The maximum Gasteiger partial charge on any atom is 0.191 e. The van der Waals surface area contributed by atoms with E-state index in [0.29, 0.717) is 12.5 Å². The summed E-state index contributed by atoms with van der Waals surface area (Å²) >= 11 is 1.70. The van der Waals surface area contributed by atoms with E-state index in [4.69, 9.17) is 0 Å². The molecule has 2 rings (SSSR count). The lowest BCUT2D eigenvalue weighted by Gasteiger charge is -2.13. The second-order valence-electron chi connectivity index (χ2n) is 5.30. The molecule has 0 bridgehead atoms. The molecular weight excluding hydrogens is 409 g/mol. The van der Waals surface area contributed by atoms with Crippen LogP contribution in [0.15, 0.2) is 34.2 Å². The molecule has 0 fully saturated rings. The van der Waals surface area contributed by atoms with Gasteiger partial charge in [-0.05, 0) is 28.3 Å². The molecule has 122 valence electrons. The Morgan fingerprint density at radius 1 is 1.36 bits per heavy atom. The average molecular weight is 433 g/mol. The number of hydrogen-bond acceptors (Lipinski definition) is 3. The predicted molar refractivity (Wildman–Crippen MR) is 104 cm³/mol. The lowest BCUT2D eigenvalue weighted by molar-refractivity contribution is 0.503. The molecule has 0 aliphatic carbocycles. The van der Waals surface area contributed by atoms with Gasteiger partial charge >= 0.3 is 0 Å². The summed E-state index contributed by atoms with van der Waals surface area (Å²) in [4.78, 5) is 8.64. The molecule has 0 aromatic carbocycles. The number of nitrogens with zero attached hydrogens (tertiary/aromatic N) is 3. The fourth-order valence-corrected chi connectivity index (χ4v) is 2.70. The highest BCUT2D eigenvalue weighted by molar-refractivity contribution is 14.0. The highest BCUT2D eigenvalue weighted by atomic mass is 127. The zero-order valence-corrected chi connectivity index (χ0v) is 16.4. The molecule has 22 heavy (non-hydrogen) atoms. The van der Waals surface area contributed by atoms with Gasteiger partial charge in [0.1, 0.15) is 5.82 Å². The fourth-order valence-electron chi connectivity index (χ4n) is 2.03. The number of guanidine groups is 1. The van der Waals surface area contributed by atoms with E-state index in [2.05, 4.69) is 55.9 Å². The smallest absolute Gasteiger partial charge is 0.191 e. The maximum absolute atomic E-state index is 4.40. The van der Waals surface area contributed by atoms with E-state index in [9.17, 15) is 0 Å². The van der Waals surface area contributed by atoms with E-state index in [1.165, 1.54) is 5.56 Å². The van der Waals surface area contributed by atoms with Crippen LogP contribution >= 0.6 is 35.3 Å². The number of rotatable bonds is 6. The first-order valence-corrected chi connectivity index (χ1v) is 8.09. The van der Waals surface area contributed by atoms with Crippen molar-refractivity contribution in [3.63, 3.8) is 0 Å². The van der Waals surface area contributed by atoms with Crippen LogP contribution in [0.3, 0.4) is 0 Å². The van der Waals surface area contributed by atoms with E-state index in [-0.39, 0.29) is 24.0 Å². The second kappa shape index (κ2) is 9.83. The quantitative estimate of drug-likeness (QED) is 0.418. The van der Waals surface area contributed by atoms with Crippen LogP contribution in [-0.4, -0.2) is 22.6 Å². The highest BCUT2D eigenvalue weighted by Gasteiger charge is 2.06. The van der Waals surface area contributed by atoms with Crippen LogP contribution in [0.2, 0.25) is 0 Å². The molecule has 2 aromatic rings. The molecule has 0 amide bonds. The Bertz CT molecular complexity index is 562. The molecule has 0 aliphatic heterocycles. The van der Waals surface area contributed by atoms with E-state index < -0.39 is 0 Å². The Hall–Kier alpha value is -1.09. The topological polar surface area (TPSA) is 54.2 Å². The van der Waals surface area contributed by atoms with Crippen LogP contribution in [0, 0.1) is 5.92 Å². The van der Waals surface area contributed by atoms with Gasteiger partial charge in [-0.15, -0.1) is 24.0 Å². The van der Waals surface area contributed by atoms with Crippen molar-refractivity contribution in [2.45, 2.75) is 33.5 Å². The molecule has 2 heterocycles. The molecule has 5 nitrogen and oxygen atoms in total. The zero-order valence-electron chi connectivity index (χ0n) is 13.2. The van der Waals surface area contributed by atoms with E-state index in [1.807, 2.05) is 12.4 Å². The van der Waals surface area contributed by atoms with Gasteiger partial charge in [-0.2, -0.15) is 11.3 Å². The van der Waals surface area contributed by atoms with E-state index in [0.717, 1.165) is 24.9 Å². The predicted octanol–water partition coefficient (Wildman–Crippen LogP) is 3.08. The molecule has 0 saturated carbocycles. The third-order valence-electron chi connectivity index (χ3n) is 3.04. The summed E-state index contributed by atoms with van der Waals surface area (Å²) in [6, 6.07) is 2.11. The van der Waals surface area contributed by atoms with Crippen molar-refractivity contribution in [1.29, 1.82) is 0 Å². The fraction of sp³-hybridized carbons (Fsp3) is 0.467. The largest absolute Gasteiger partial charge is 0.352 e. The number of thiophene rings is 1. The lowest BCUT2D eigenvalue weighted by Crippen LogP contribution is -2.37. The van der Waals surface area contributed by atoms with E-state index >= 15 is 0 Å². The van der Waals surface area contributed by atoms with Gasteiger partial charge in [0.15, 0.2) is 5.96 Å². The number of hydrogen-bond donors (Lipinski definition) is 2. The molecule has 0 unspecified atom stereocenters. The molecule has 0 spiro atoms. The Kier molecular flexibility index (Phi) is 8.47. The molecule has 0 saturated heterocycles. The summed E-state index contributed by atoms with van der Waals surface area (Å²) in [5, 5.41) is 10.8. The molecule has 2 aromatic heterocycles. The molecule has 7 heteroatoms. The van der Waals surface area contributed by atoms with Crippen molar-refractivity contribution in [3.8, 4) is 0 Å². The molecule has 0 atom stereocenters. The van der Waals surface area contributed by atoms with Crippen molar-refractivity contribution < 1.29 is 0 Å². The minimum absolute atomic E-state index is 0. The van der Waals surface area contributed by atoms with Crippen LogP contribution in [0.4, 0.5) is 0 Å². The van der Waals surface area contributed by atoms with E-state index in [1.54, 1.807) is 18.4 Å². The minimum atomic E-state index is 0. The first-order chi connectivity index (χ1) is 10.2. The van der Waals surface area contributed by atoms with Gasteiger partial charge < -0.3 is 15.2 Å². The van der Waals surface area contributed by atoms with Gasteiger partial charge in [0.25, 0.3) is 0 Å². The third-order valence-corrected chi connectivity index (χ3v) is 3.77. The molecule has 2 N–H and O–H groups in total. The number of nitrogens with one attached hydrogen (secondary N) is 2. The van der Waals surface area contributed by atoms with Crippen molar-refractivity contribution in [1.82, 2.24) is 20.2 Å². The standard InChI is InChI=1S/C15H23N5S.HI/c1-12(2)10-20-6-5-17-14(20)9-19-15(16-3)18-8-13-4-7-21-11-13;/h4-7,11-12H,8-10H2,1-3H3,(H2,16,18,19);1H. The van der Waals surface area contributed by atoms with Gasteiger partial charge in [0.2, 0.25) is 0 Å². The van der Waals surface area contributed by atoms with Gasteiger partial charge in [-0.25, -0.2) is 4.98 Å². The Morgan fingerprint density at radius 2 is 2.14 bits per heavy atom. The number of aromatic nitrogens is 2. The third kappa shape index (κ3) is 5.96. The summed E-state index contributed by atoms with van der Waals surface area (Å²) < 4.78 is 2.18. The summed E-state index contributed by atoms with van der Waals surface area (Å²) in [6.07, 6.45) is 3.87. The van der Waals surface area contributed by atoms with Gasteiger partial charge in [-0.1, -0.05) is 13.8 Å². The van der Waals surface area contributed by atoms with Crippen LogP contribution < -0.4 is 10.6 Å². The summed E-state index contributed by atoms with van der Waals surface area (Å²) in [5.41, 5.74) is 1.27. The number of aliphatic imine (C=N–C) groups is 1. The van der Waals surface area contributed by atoms with Gasteiger partial charge in [0, 0.05) is 32.5 Å². The number of imidazole rings is 1. The highest BCUT2D eigenvalue weighted by Crippen LogP contribution is 2.05. The lowest BCUT2D eigenvalue weighted by atomic mass is 10.2. The second-order valence-corrected chi connectivity index (χ2v) is 6.08. The Morgan fingerprint density at radius 3 is 2.77 bits per heavy atom. The zero-order chi connectivity index (χ0) is 15.1. The van der Waals surface area contributed by atoms with Crippen LogP contribution in [0.25, 0.3) is 0 Å². The van der Waals surface area contributed by atoms with Gasteiger partial charge in [0.05, 0.1) is 6.54 Å².